The molecule has 0 rings (SSSR count). The smallest absolute Gasteiger partial charge is 0.306 e. The predicted molar refractivity (Wildman–Crippen MR) is 320 cm³/mol. The molecule has 1 unspecified atom stereocenters. The molecule has 0 aliphatic heterocycles. The van der Waals surface area contributed by atoms with Gasteiger partial charge in [-0.3, -0.25) is 14.4 Å². The minimum Gasteiger partial charge on any atom is -0.462 e. The molecule has 0 aromatic rings. The number of hydrogen-bond donors (Lipinski definition) is 0. The molecule has 0 heterocycles. The maximum atomic E-state index is 12.9. The van der Waals surface area contributed by atoms with Crippen LogP contribution in [0, 0.1) is 0 Å². The molecule has 6 heteroatoms. The van der Waals surface area contributed by atoms with Gasteiger partial charge < -0.3 is 14.2 Å². The molecule has 0 aromatic heterocycles. The third-order valence-electron chi connectivity index (χ3n) is 12.9. The number of hydrogen-bond acceptors (Lipinski definition) is 6. The second kappa shape index (κ2) is 61.4. The minimum absolute atomic E-state index is 0.101. The van der Waals surface area contributed by atoms with Gasteiger partial charge in [0.2, 0.25) is 0 Å². The highest BCUT2D eigenvalue weighted by Crippen LogP contribution is 2.15. The Morgan fingerprint density at radius 3 is 0.919 bits per heavy atom. The Labute approximate surface area is 456 Å². The highest BCUT2D eigenvalue weighted by molar-refractivity contribution is 5.71. The van der Waals surface area contributed by atoms with Crippen molar-refractivity contribution < 1.29 is 28.6 Å². The SMILES string of the molecule is CC\C=C/C=C\C=C/C=C\C=C\C=C/C=C\CCCCCC(=O)OCC(COC(=O)CCCCCCC/C=C\CCCCCCCCCCC)OC(=O)CCCCCCCCCCCC/C=C\C=C/CCCCC. The fourth-order valence-electron chi connectivity index (χ4n) is 8.29. The van der Waals surface area contributed by atoms with E-state index in [2.05, 4.69) is 69.4 Å². The fraction of sp³-hybridized carbons (Fsp3) is 0.662. The average molecular weight is 1030 g/mol. The van der Waals surface area contributed by atoms with Crippen LogP contribution in [0.2, 0.25) is 0 Å². The number of unbranched alkanes of at least 4 members (excludes halogenated alkanes) is 30. The number of carbonyl (C=O) groups is 3. The highest BCUT2D eigenvalue weighted by atomic mass is 16.6. The Balaban J connectivity index is 4.51. The number of carbonyl (C=O) groups excluding carboxylic acids is 3. The van der Waals surface area contributed by atoms with Gasteiger partial charge in [0.15, 0.2) is 6.10 Å². The minimum atomic E-state index is -0.807. The van der Waals surface area contributed by atoms with Gasteiger partial charge in [-0.15, -0.1) is 0 Å². The molecule has 0 fully saturated rings. The van der Waals surface area contributed by atoms with Crippen molar-refractivity contribution in [3.05, 3.63) is 122 Å². The topological polar surface area (TPSA) is 78.9 Å². The van der Waals surface area contributed by atoms with Crippen LogP contribution in [0.15, 0.2) is 122 Å². The van der Waals surface area contributed by atoms with Gasteiger partial charge in [-0.2, -0.15) is 0 Å². The van der Waals surface area contributed by atoms with Crippen molar-refractivity contribution >= 4 is 17.9 Å². The summed E-state index contributed by atoms with van der Waals surface area (Å²) < 4.78 is 16.9. The molecule has 6 nitrogen and oxygen atoms in total. The van der Waals surface area contributed by atoms with E-state index in [-0.39, 0.29) is 31.1 Å². The summed E-state index contributed by atoms with van der Waals surface area (Å²) in [4.78, 5) is 38.3. The van der Waals surface area contributed by atoms with Crippen LogP contribution in [0.5, 0.6) is 0 Å². The molecule has 0 aliphatic rings. The van der Waals surface area contributed by atoms with E-state index < -0.39 is 6.10 Å². The van der Waals surface area contributed by atoms with Crippen LogP contribution >= 0.6 is 0 Å². The Bertz CT molecular complexity index is 1550. The first-order chi connectivity index (χ1) is 36.5. The van der Waals surface area contributed by atoms with Crippen LogP contribution in [-0.4, -0.2) is 37.2 Å². The third-order valence-corrected chi connectivity index (χ3v) is 12.9. The van der Waals surface area contributed by atoms with Crippen LogP contribution in [0.4, 0.5) is 0 Å². The van der Waals surface area contributed by atoms with E-state index in [1.54, 1.807) is 0 Å². The monoisotopic (exact) mass is 1020 g/mol. The molecule has 0 saturated carbocycles. The van der Waals surface area contributed by atoms with E-state index in [9.17, 15) is 14.4 Å². The quantitative estimate of drug-likeness (QED) is 0.0199. The Morgan fingerprint density at radius 1 is 0.284 bits per heavy atom. The predicted octanol–water partition coefficient (Wildman–Crippen LogP) is 20.8. The second-order valence-electron chi connectivity index (χ2n) is 20.1. The lowest BCUT2D eigenvalue weighted by molar-refractivity contribution is -0.167. The molecule has 0 aromatic carbocycles. The first-order valence-electron chi connectivity index (χ1n) is 30.7. The normalized spacial score (nSPS) is 13.0. The summed E-state index contributed by atoms with van der Waals surface area (Å²) in [6.07, 6.45) is 84.7. The van der Waals surface area contributed by atoms with Crippen LogP contribution in [0.3, 0.4) is 0 Å². The summed E-state index contributed by atoms with van der Waals surface area (Å²) in [5, 5.41) is 0. The molecule has 0 amide bonds. The Kier molecular flexibility index (Phi) is 57.9. The summed E-state index contributed by atoms with van der Waals surface area (Å²) in [6, 6.07) is 0. The van der Waals surface area contributed by atoms with E-state index in [0.717, 1.165) is 83.5 Å². The van der Waals surface area contributed by atoms with Gasteiger partial charge >= 0.3 is 17.9 Å². The van der Waals surface area contributed by atoms with Gasteiger partial charge in [0.05, 0.1) is 0 Å². The van der Waals surface area contributed by atoms with Crippen molar-refractivity contribution in [2.24, 2.45) is 0 Å². The lowest BCUT2D eigenvalue weighted by Gasteiger charge is -2.18. The Hall–Kier alpha value is -4.19. The van der Waals surface area contributed by atoms with Gasteiger partial charge in [-0.25, -0.2) is 0 Å². The molecule has 0 spiro atoms. The molecule has 0 radical (unpaired) electrons. The molecule has 0 saturated heterocycles. The zero-order valence-electron chi connectivity index (χ0n) is 48.1. The summed E-state index contributed by atoms with van der Waals surface area (Å²) in [5.41, 5.74) is 0. The summed E-state index contributed by atoms with van der Waals surface area (Å²) in [5.74, 6) is -0.955. The van der Waals surface area contributed by atoms with Crippen molar-refractivity contribution in [2.45, 2.75) is 277 Å². The number of esters is 3. The molecule has 420 valence electrons. The first-order valence-corrected chi connectivity index (χ1v) is 30.7. The highest BCUT2D eigenvalue weighted by Gasteiger charge is 2.19. The first kappa shape index (κ1) is 69.8. The maximum Gasteiger partial charge on any atom is 0.306 e. The van der Waals surface area contributed by atoms with Gasteiger partial charge in [0, 0.05) is 19.3 Å². The largest absolute Gasteiger partial charge is 0.462 e. The van der Waals surface area contributed by atoms with E-state index in [1.807, 2.05) is 72.9 Å². The zero-order valence-corrected chi connectivity index (χ0v) is 48.1. The van der Waals surface area contributed by atoms with E-state index in [1.165, 1.54) is 148 Å². The van der Waals surface area contributed by atoms with E-state index in [0.29, 0.717) is 19.3 Å². The van der Waals surface area contributed by atoms with Crippen molar-refractivity contribution in [1.29, 1.82) is 0 Å². The van der Waals surface area contributed by atoms with Crippen molar-refractivity contribution in [1.82, 2.24) is 0 Å². The van der Waals surface area contributed by atoms with Gasteiger partial charge in [0.1, 0.15) is 13.2 Å². The van der Waals surface area contributed by atoms with Crippen LogP contribution in [0.1, 0.15) is 271 Å². The van der Waals surface area contributed by atoms with Crippen LogP contribution in [-0.2, 0) is 28.6 Å². The molecule has 74 heavy (non-hydrogen) atoms. The molecule has 0 bridgehead atoms. The molecule has 0 aliphatic carbocycles. The average Bonchev–Trinajstić information content (AvgIpc) is 3.40. The lowest BCUT2D eigenvalue weighted by atomic mass is 10.1. The lowest BCUT2D eigenvalue weighted by Crippen LogP contribution is -2.30. The number of allylic oxidation sites excluding steroid dienone is 20. The van der Waals surface area contributed by atoms with Crippen LogP contribution in [0.25, 0.3) is 0 Å². The summed E-state index contributed by atoms with van der Waals surface area (Å²) in [6.45, 7) is 6.43. The molecular weight excluding hydrogens is 913 g/mol. The summed E-state index contributed by atoms with van der Waals surface area (Å²) in [7, 11) is 0. The zero-order chi connectivity index (χ0) is 53.6. The number of ether oxygens (including phenoxy) is 3. The van der Waals surface area contributed by atoms with E-state index in [4.69, 9.17) is 14.2 Å². The maximum absolute atomic E-state index is 12.9. The fourth-order valence-corrected chi connectivity index (χ4v) is 8.29. The van der Waals surface area contributed by atoms with Crippen molar-refractivity contribution in [3.8, 4) is 0 Å². The van der Waals surface area contributed by atoms with E-state index >= 15 is 0 Å². The number of rotatable bonds is 54. The van der Waals surface area contributed by atoms with Gasteiger partial charge in [-0.05, 0) is 89.9 Å². The van der Waals surface area contributed by atoms with Crippen molar-refractivity contribution in [3.63, 3.8) is 0 Å². The molecule has 1 atom stereocenters. The second-order valence-corrected chi connectivity index (χ2v) is 20.1. The van der Waals surface area contributed by atoms with Gasteiger partial charge in [0.25, 0.3) is 0 Å². The standard InChI is InChI=1S/C68H112O6/c1-4-7-10-13-16-19-22-25-28-31-34-37-40-43-46-49-52-55-58-61-67(70)73-64-65(63-72-66(69)60-57-54-51-48-45-42-39-36-33-30-27-24-21-18-15-12-9-6-3)74-68(71)62-59-56-53-50-47-44-41-38-35-32-29-26-23-20-17-14-11-8-5-2/h7,10,13,16-17,19-20,22-23,25-26,28,31,34,36-37,39-40,43,46,65H,4-6,8-9,11-12,14-15,18,21,24,27,29-30,32-33,35,38,41-42,44-45,47-64H2,1-3H3/b10-7-,16-13-,20-17-,22-19-,26-23-,28-25-,34-31+,39-36-,40-37-,46-43-. The van der Waals surface area contributed by atoms with Crippen molar-refractivity contribution in [2.75, 3.05) is 13.2 Å². The molecular formula is C68H112O6. The summed E-state index contributed by atoms with van der Waals surface area (Å²) >= 11 is 0. The van der Waals surface area contributed by atoms with Gasteiger partial charge in [-0.1, -0.05) is 284 Å². The Morgan fingerprint density at radius 2 is 0.541 bits per heavy atom. The van der Waals surface area contributed by atoms with Crippen LogP contribution < -0.4 is 0 Å². The third kappa shape index (κ3) is 58.7. The molecule has 0 N–H and O–H groups in total.